The zero-order valence-electron chi connectivity index (χ0n) is 13.1. The molecule has 23 heavy (non-hydrogen) atoms. The summed E-state index contributed by atoms with van der Waals surface area (Å²) < 4.78 is 14.1. The van der Waals surface area contributed by atoms with E-state index in [1.807, 2.05) is 0 Å². The molecule has 1 aliphatic carbocycles. The molecule has 1 saturated carbocycles. The summed E-state index contributed by atoms with van der Waals surface area (Å²) in [6.45, 7) is 0.527. The Labute approximate surface area is 135 Å². The lowest BCUT2D eigenvalue weighted by Gasteiger charge is -2.23. The summed E-state index contributed by atoms with van der Waals surface area (Å²) in [5, 5.41) is 5.75. The fraction of sp³-hybridized carbons (Fsp3) is 0.412. The Hall–Kier alpha value is -2.21. The number of halogens is 1. The number of amides is 1. The first-order valence-electron chi connectivity index (χ1n) is 7.91. The Morgan fingerprint density at radius 1 is 1.35 bits per heavy atom. The molecule has 6 heteroatoms. The average Bonchev–Trinajstić information content (AvgIpc) is 2.55. The fourth-order valence-electron chi connectivity index (χ4n) is 2.67. The van der Waals surface area contributed by atoms with Crippen molar-refractivity contribution in [2.45, 2.75) is 44.7 Å². The van der Waals surface area contributed by atoms with Crippen molar-refractivity contribution in [3.8, 4) is 0 Å². The normalized spacial score (nSPS) is 16.7. The highest BCUT2D eigenvalue weighted by molar-refractivity contribution is 5.93. The minimum atomic E-state index is -0.294. The molecule has 0 atom stereocenters. The van der Waals surface area contributed by atoms with E-state index in [1.165, 1.54) is 50.4 Å². The minimum Gasteiger partial charge on any atom is -0.384 e. The number of carbonyl (C=O) groups excluding carboxylic acids is 1. The molecule has 1 aromatic rings. The molecule has 2 rings (SSSR count). The fourth-order valence-corrected chi connectivity index (χ4v) is 2.67. The van der Waals surface area contributed by atoms with Crippen LogP contribution in [0.1, 0.15) is 37.7 Å². The molecule has 0 aliphatic heterocycles. The third-order valence-corrected chi connectivity index (χ3v) is 3.90. The van der Waals surface area contributed by atoms with Crippen LogP contribution in [0.25, 0.3) is 0 Å². The van der Waals surface area contributed by atoms with Crippen molar-refractivity contribution in [3.63, 3.8) is 0 Å². The number of nitrogens with one attached hydrogen (secondary N) is 2. The van der Waals surface area contributed by atoms with E-state index in [2.05, 4.69) is 15.6 Å². The van der Waals surface area contributed by atoms with Crippen LogP contribution < -0.4 is 16.4 Å². The lowest BCUT2D eigenvalue weighted by atomic mass is 9.95. The predicted molar refractivity (Wildman–Crippen MR) is 89.7 cm³/mol. The summed E-state index contributed by atoms with van der Waals surface area (Å²) in [5.41, 5.74) is 6.74. The maximum Gasteiger partial charge on any atom is 0.211 e. The van der Waals surface area contributed by atoms with E-state index < -0.39 is 0 Å². The molecule has 0 unspecified atom stereocenters. The molecule has 1 aromatic carbocycles. The van der Waals surface area contributed by atoms with E-state index in [4.69, 9.17) is 5.73 Å². The van der Waals surface area contributed by atoms with Gasteiger partial charge in [0.25, 0.3) is 0 Å². The van der Waals surface area contributed by atoms with Crippen molar-refractivity contribution in [1.29, 1.82) is 0 Å². The van der Waals surface area contributed by atoms with Crippen molar-refractivity contribution in [2.24, 2.45) is 10.7 Å². The lowest BCUT2D eigenvalue weighted by Crippen LogP contribution is -2.30. The van der Waals surface area contributed by atoms with Crippen molar-refractivity contribution >= 4 is 17.9 Å². The Morgan fingerprint density at radius 2 is 2.13 bits per heavy atom. The number of carbonyl (C=O) groups is 1. The van der Waals surface area contributed by atoms with E-state index in [-0.39, 0.29) is 11.7 Å². The zero-order chi connectivity index (χ0) is 16.5. The second kappa shape index (κ2) is 9.05. The van der Waals surface area contributed by atoms with Gasteiger partial charge in [-0.15, -0.1) is 0 Å². The van der Waals surface area contributed by atoms with Gasteiger partial charge in [-0.2, -0.15) is 0 Å². The summed E-state index contributed by atoms with van der Waals surface area (Å²) in [6, 6.07) is 5.32. The van der Waals surface area contributed by atoms with Gasteiger partial charge in [0.15, 0.2) is 0 Å². The van der Waals surface area contributed by atoms with Gasteiger partial charge in [-0.25, -0.2) is 9.38 Å². The predicted octanol–water partition coefficient (Wildman–Crippen LogP) is 2.50. The van der Waals surface area contributed by atoms with Gasteiger partial charge >= 0.3 is 0 Å². The summed E-state index contributed by atoms with van der Waals surface area (Å²) in [6.07, 6.45) is 9.47. The van der Waals surface area contributed by atoms with Crippen LogP contribution in [-0.4, -0.2) is 18.3 Å². The first kappa shape index (κ1) is 17.1. The van der Waals surface area contributed by atoms with Gasteiger partial charge in [0.1, 0.15) is 11.7 Å². The van der Waals surface area contributed by atoms with Crippen LogP contribution in [0.4, 0.5) is 10.1 Å². The molecule has 124 valence electrons. The van der Waals surface area contributed by atoms with Crippen molar-refractivity contribution in [2.75, 3.05) is 0 Å². The van der Waals surface area contributed by atoms with Crippen molar-refractivity contribution in [3.05, 3.63) is 41.9 Å². The SMILES string of the molecule is NC(/C=C\NC=O)=Nc1ccc(CNC2CCCCC2)c(F)c1. The van der Waals surface area contributed by atoms with Crippen LogP contribution in [0.3, 0.4) is 0 Å². The number of nitrogens with zero attached hydrogens (tertiary/aromatic N) is 1. The van der Waals surface area contributed by atoms with Crippen LogP contribution in [0.2, 0.25) is 0 Å². The Morgan fingerprint density at radius 3 is 2.83 bits per heavy atom. The van der Waals surface area contributed by atoms with Gasteiger partial charge in [0, 0.05) is 24.4 Å². The third-order valence-electron chi connectivity index (χ3n) is 3.90. The maximum atomic E-state index is 14.1. The van der Waals surface area contributed by atoms with Gasteiger partial charge in [-0.3, -0.25) is 4.79 Å². The Kier molecular flexibility index (Phi) is 6.75. The monoisotopic (exact) mass is 318 g/mol. The van der Waals surface area contributed by atoms with Gasteiger partial charge in [0.05, 0.1) is 5.69 Å². The summed E-state index contributed by atoms with van der Waals surface area (Å²) in [5.74, 6) is -0.107. The molecule has 0 radical (unpaired) electrons. The van der Waals surface area contributed by atoms with Crippen LogP contribution >= 0.6 is 0 Å². The standard InChI is InChI=1S/C17H23FN4O/c18-16-10-15(22-17(19)8-9-20-12-23)7-6-13(16)11-21-14-4-2-1-3-5-14/h6-10,12,14,21H,1-5,11H2,(H2,19,22)(H,20,23)/b9-8-. The molecule has 0 saturated heterocycles. The lowest BCUT2D eigenvalue weighted by molar-refractivity contribution is -0.108. The van der Waals surface area contributed by atoms with Crippen LogP contribution in [0.5, 0.6) is 0 Å². The number of hydrogen-bond acceptors (Lipinski definition) is 3. The van der Waals surface area contributed by atoms with Crippen LogP contribution in [0.15, 0.2) is 35.5 Å². The highest BCUT2D eigenvalue weighted by Gasteiger charge is 2.13. The van der Waals surface area contributed by atoms with Gasteiger partial charge in [-0.1, -0.05) is 25.3 Å². The quantitative estimate of drug-likeness (QED) is 0.410. The number of nitrogens with two attached hydrogens (primary N) is 1. The molecule has 1 aliphatic rings. The topological polar surface area (TPSA) is 79.5 Å². The second-order valence-corrected chi connectivity index (χ2v) is 5.65. The highest BCUT2D eigenvalue weighted by Crippen LogP contribution is 2.20. The molecule has 4 N–H and O–H groups in total. The molecule has 0 bridgehead atoms. The summed E-state index contributed by atoms with van der Waals surface area (Å²) in [7, 11) is 0. The Balaban J connectivity index is 1.94. The molecule has 0 spiro atoms. The van der Waals surface area contributed by atoms with E-state index >= 15 is 0 Å². The first-order chi connectivity index (χ1) is 11.2. The number of aliphatic imine (C=N–C) groups is 1. The summed E-state index contributed by atoms with van der Waals surface area (Å²) >= 11 is 0. The molecular weight excluding hydrogens is 295 g/mol. The molecule has 1 amide bonds. The highest BCUT2D eigenvalue weighted by atomic mass is 19.1. The van der Waals surface area contributed by atoms with E-state index in [1.54, 1.807) is 12.1 Å². The number of amidine groups is 1. The zero-order valence-corrected chi connectivity index (χ0v) is 13.1. The van der Waals surface area contributed by atoms with E-state index in [0.29, 0.717) is 30.2 Å². The molecule has 0 aromatic heterocycles. The third kappa shape index (κ3) is 5.83. The minimum absolute atomic E-state index is 0.187. The number of hydrogen-bond donors (Lipinski definition) is 3. The molecule has 1 fully saturated rings. The molecule has 0 heterocycles. The number of benzene rings is 1. The summed E-state index contributed by atoms with van der Waals surface area (Å²) in [4.78, 5) is 14.2. The van der Waals surface area contributed by atoms with Crippen LogP contribution in [0, 0.1) is 5.82 Å². The number of rotatable bonds is 7. The first-order valence-corrected chi connectivity index (χ1v) is 7.91. The van der Waals surface area contributed by atoms with Crippen molar-refractivity contribution in [1.82, 2.24) is 10.6 Å². The smallest absolute Gasteiger partial charge is 0.211 e. The van der Waals surface area contributed by atoms with Crippen molar-refractivity contribution < 1.29 is 9.18 Å². The largest absolute Gasteiger partial charge is 0.384 e. The molecular formula is C17H23FN4O. The van der Waals surface area contributed by atoms with Gasteiger partial charge in [-0.05, 0) is 31.1 Å². The van der Waals surface area contributed by atoms with Crippen LogP contribution in [-0.2, 0) is 11.3 Å². The van der Waals surface area contributed by atoms with Gasteiger partial charge < -0.3 is 16.4 Å². The second-order valence-electron chi connectivity index (χ2n) is 5.65. The van der Waals surface area contributed by atoms with E-state index in [9.17, 15) is 9.18 Å². The maximum absolute atomic E-state index is 14.1. The Bertz CT molecular complexity index is 580. The average molecular weight is 318 g/mol. The van der Waals surface area contributed by atoms with Gasteiger partial charge in [0.2, 0.25) is 6.41 Å². The molecule has 5 nitrogen and oxygen atoms in total. The van der Waals surface area contributed by atoms with E-state index in [0.717, 1.165) is 0 Å².